The van der Waals surface area contributed by atoms with Gasteiger partial charge in [-0.05, 0) is 45.3 Å². The second-order valence-electron chi connectivity index (χ2n) is 6.96. The number of likely N-dealkylation sites (tertiary alicyclic amines) is 2. The van der Waals surface area contributed by atoms with Crippen molar-refractivity contribution in [3.8, 4) is 0 Å². The smallest absolute Gasteiger partial charge is 0.225 e. The van der Waals surface area contributed by atoms with Crippen molar-refractivity contribution in [3.05, 3.63) is 0 Å². The predicted octanol–water partition coefficient (Wildman–Crippen LogP) is 2.51. The van der Waals surface area contributed by atoms with Gasteiger partial charge in [0.2, 0.25) is 5.91 Å². The third kappa shape index (κ3) is 2.67. The summed E-state index contributed by atoms with van der Waals surface area (Å²) in [5, 5.41) is 0. The monoisotopic (exact) mass is 264 g/mol. The van der Waals surface area contributed by atoms with Gasteiger partial charge in [0, 0.05) is 24.4 Å². The Morgan fingerprint density at radius 3 is 2.32 bits per heavy atom. The molecule has 0 atom stereocenters. The minimum absolute atomic E-state index is 0.363. The molecule has 1 amide bonds. The average molecular weight is 264 g/mol. The van der Waals surface area contributed by atoms with Gasteiger partial charge in [0.25, 0.3) is 0 Å². The zero-order valence-electron chi connectivity index (χ0n) is 12.4. The summed E-state index contributed by atoms with van der Waals surface area (Å²) in [6.07, 6.45) is 8.75. The van der Waals surface area contributed by atoms with E-state index in [2.05, 4.69) is 16.7 Å². The molecule has 108 valence electrons. The van der Waals surface area contributed by atoms with E-state index in [1.165, 1.54) is 51.7 Å². The first-order valence-electron chi connectivity index (χ1n) is 8.24. The molecular weight excluding hydrogens is 236 g/mol. The summed E-state index contributed by atoms with van der Waals surface area (Å²) in [4.78, 5) is 17.1. The average Bonchev–Trinajstić information content (AvgIpc) is 2.45. The summed E-state index contributed by atoms with van der Waals surface area (Å²) in [6.45, 7) is 8.02. The van der Waals surface area contributed by atoms with Crippen molar-refractivity contribution in [1.29, 1.82) is 0 Å². The van der Waals surface area contributed by atoms with Crippen LogP contribution in [0.2, 0.25) is 0 Å². The molecule has 0 aromatic heterocycles. The lowest BCUT2D eigenvalue weighted by atomic mass is 9.71. The molecule has 3 aliphatic rings. The molecule has 1 aliphatic carbocycles. The fraction of sp³-hybridized carbons (Fsp3) is 0.938. The van der Waals surface area contributed by atoms with Crippen LogP contribution in [0, 0.1) is 11.3 Å². The van der Waals surface area contributed by atoms with E-state index in [0.29, 0.717) is 17.2 Å². The Balaban J connectivity index is 1.48. The maximum Gasteiger partial charge on any atom is 0.225 e. The number of rotatable bonds is 2. The lowest BCUT2D eigenvalue weighted by molar-refractivity contribution is -0.152. The molecule has 0 bridgehead atoms. The molecule has 3 rings (SSSR count). The molecule has 0 N–H and O–H groups in total. The summed E-state index contributed by atoms with van der Waals surface area (Å²) >= 11 is 0. The SMILES string of the molecule is CCN1CCC2(CC1)CN(C(=O)C1CCCCC1)C2. The van der Waals surface area contributed by atoms with E-state index >= 15 is 0 Å². The van der Waals surface area contributed by atoms with Gasteiger partial charge in [0.15, 0.2) is 0 Å². The van der Waals surface area contributed by atoms with Crippen LogP contribution in [-0.2, 0) is 4.79 Å². The molecule has 1 spiro atoms. The first-order valence-corrected chi connectivity index (χ1v) is 8.24. The molecule has 2 heterocycles. The molecule has 3 nitrogen and oxygen atoms in total. The van der Waals surface area contributed by atoms with Gasteiger partial charge in [-0.1, -0.05) is 26.2 Å². The molecule has 0 aromatic carbocycles. The Bertz CT molecular complexity index is 320. The topological polar surface area (TPSA) is 23.6 Å². The lowest BCUT2D eigenvalue weighted by Gasteiger charge is -2.54. The highest BCUT2D eigenvalue weighted by Gasteiger charge is 2.47. The Morgan fingerprint density at radius 1 is 1.11 bits per heavy atom. The Hall–Kier alpha value is -0.570. The van der Waals surface area contributed by atoms with Crippen molar-refractivity contribution in [1.82, 2.24) is 9.80 Å². The number of piperidine rings is 1. The van der Waals surface area contributed by atoms with Crippen LogP contribution in [0.25, 0.3) is 0 Å². The van der Waals surface area contributed by atoms with E-state index in [9.17, 15) is 4.79 Å². The minimum Gasteiger partial charge on any atom is -0.341 e. The van der Waals surface area contributed by atoms with Crippen molar-refractivity contribution in [3.63, 3.8) is 0 Å². The summed E-state index contributed by atoms with van der Waals surface area (Å²) in [7, 11) is 0. The standard InChI is InChI=1S/C16H28N2O/c1-2-17-10-8-16(9-11-17)12-18(13-16)15(19)14-6-4-3-5-7-14/h14H,2-13H2,1H3. The molecule has 2 saturated heterocycles. The van der Waals surface area contributed by atoms with Crippen molar-refractivity contribution in [2.45, 2.75) is 51.9 Å². The molecule has 3 fully saturated rings. The highest BCUT2D eigenvalue weighted by molar-refractivity contribution is 5.80. The van der Waals surface area contributed by atoms with E-state index in [0.717, 1.165) is 25.9 Å². The molecule has 0 aromatic rings. The fourth-order valence-electron chi connectivity index (χ4n) is 4.19. The highest BCUT2D eigenvalue weighted by Crippen LogP contribution is 2.41. The maximum atomic E-state index is 12.4. The van der Waals surface area contributed by atoms with Gasteiger partial charge in [0.1, 0.15) is 0 Å². The molecule has 2 aliphatic heterocycles. The Morgan fingerprint density at radius 2 is 1.74 bits per heavy atom. The van der Waals surface area contributed by atoms with E-state index in [1.54, 1.807) is 0 Å². The number of carbonyl (C=O) groups is 1. The molecular formula is C16H28N2O. The van der Waals surface area contributed by atoms with Gasteiger partial charge in [-0.15, -0.1) is 0 Å². The first-order chi connectivity index (χ1) is 9.22. The van der Waals surface area contributed by atoms with Crippen molar-refractivity contribution in [2.75, 3.05) is 32.7 Å². The second kappa shape index (κ2) is 5.43. The highest BCUT2D eigenvalue weighted by atomic mass is 16.2. The number of carbonyl (C=O) groups excluding carboxylic acids is 1. The number of hydrogen-bond acceptors (Lipinski definition) is 2. The lowest BCUT2D eigenvalue weighted by Crippen LogP contribution is -2.62. The van der Waals surface area contributed by atoms with Gasteiger partial charge < -0.3 is 9.80 Å². The van der Waals surface area contributed by atoms with Crippen LogP contribution in [0.15, 0.2) is 0 Å². The largest absolute Gasteiger partial charge is 0.341 e. The molecule has 0 radical (unpaired) electrons. The van der Waals surface area contributed by atoms with Crippen LogP contribution in [0.5, 0.6) is 0 Å². The van der Waals surface area contributed by atoms with Crippen LogP contribution in [-0.4, -0.2) is 48.4 Å². The maximum absolute atomic E-state index is 12.4. The zero-order valence-corrected chi connectivity index (χ0v) is 12.4. The van der Waals surface area contributed by atoms with Crippen LogP contribution in [0.3, 0.4) is 0 Å². The Kier molecular flexibility index (Phi) is 3.84. The molecule has 19 heavy (non-hydrogen) atoms. The third-order valence-corrected chi connectivity index (χ3v) is 5.68. The minimum atomic E-state index is 0.363. The number of amides is 1. The zero-order chi connectivity index (χ0) is 13.3. The van der Waals surface area contributed by atoms with Crippen LogP contribution in [0.1, 0.15) is 51.9 Å². The van der Waals surface area contributed by atoms with Gasteiger partial charge in [-0.2, -0.15) is 0 Å². The van der Waals surface area contributed by atoms with Gasteiger partial charge in [-0.3, -0.25) is 4.79 Å². The van der Waals surface area contributed by atoms with Crippen molar-refractivity contribution >= 4 is 5.91 Å². The summed E-state index contributed by atoms with van der Waals surface area (Å²) < 4.78 is 0. The predicted molar refractivity (Wildman–Crippen MR) is 76.9 cm³/mol. The van der Waals surface area contributed by atoms with E-state index < -0.39 is 0 Å². The van der Waals surface area contributed by atoms with Crippen molar-refractivity contribution in [2.24, 2.45) is 11.3 Å². The van der Waals surface area contributed by atoms with Crippen molar-refractivity contribution < 1.29 is 4.79 Å². The van der Waals surface area contributed by atoms with E-state index in [1.807, 2.05) is 0 Å². The summed E-state index contributed by atoms with van der Waals surface area (Å²) in [6, 6.07) is 0. The third-order valence-electron chi connectivity index (χ3n) is 5.68. The fourth-order valence-corrected chi connectivity index (χ4v) is 4.19. The summed E-state index contributed by atoms with van der Waals surface area (Å²) in [5.41, 5.74) is 0.496. The summed E-state index contributed by atoms with van der Waals surface area (Å²) in [5.74, 6) is 0.838. The normalized spacial score (nSPS) is 28.4. The number of hydrogen-bond donors (Lipinski definition) is 0. The second-order valence-corrected chi connectivity index (χ2v) is 6.96. The van der Waals surface area contributed by atoms with Gasteiger partial charge in [0.05, 0.1) is 0 Å². The van der Waals surface area contributed by atoms with E-state index in [4.69, 9.17) is 0 Å². The Labute approximate surface area is 117 Å². The molecule has 1 saturated carbocycles. The van der Waals surface area contributed by atoms with Gasteiger partial charge >= 0.3 is 0 Å². The van der Waals surface area contributed by atoms with E-state index in [-0.39, 0.29) is 0 Å². The van der Waals surface area contributed by atoms with Crippen LogP contribution < -0.4 is 0 Å². The van der Waals surface area contributed by atoms with Gasteiger partial charge in [-0.25, -0.2) is 0 Å². The first kappa shape index (κ1) is 13.4. The number of nitrogens with zero attached hydrogens (tertiary/aromatic N) is 2. The van der Waals surface area contributed by atoms with Crippen LogP contribution >= 0.6 is 0 Å². The molecule has 0 unspecified atom stereocenters. The van der Waals surface area contributed by atoms with Crippen LogP contribution in [0.4, 0.5) is 0 Å². The quantitative estimate of drug-likeness (QED) is 0.765. The molecule has 3 heteroatoms.